The van der Waals surface area contributed by atoms with E-state index >= 15 is 0 Å². The normalized spacial score (nSPS) is 26.1. The van der Waals surface area contributed by atoms with E-state index in [1.165, 1.54) is 0 Å². The first-order chi connectivity index (χ1) is 9.52. The van der Waals surface area contributed by atoms with Crippen LogP contribution in [0.1, 0.15) is 33.1 Å². The lowest BCUT2D eigenvalue weighted by Crippen LogP contribution is -2.29. The van der Waals surface area contributed by atoms with Crippen LogP contribution in [-0.4, -0.2) is 18.1 Å². The standard InChI is InChI=1S/C15H22N2O3/c1-10-7-8-12(9-11(10)2)20-14-6-4-5-13(16-3)15(14)17(18)19/h4-6,10-12,16H,7-9H2,1-3H3. The van der Waals surface area contributed by atoms with Crippen LogP contribution in [-0.2, 0) is 0 Å². The number of hydrogen-bond acceptors (Lipinski definition) is 4. The number of nitrogens with one attached hydrogen (secondary N) is 1. The number of hydrogen-bond donors (Lipinski definition) is 1. The molecule has 1 aliphatic carbocycles. The minimum atomic E-state index is -0.379. The molecule has 0 spiro atoms. The molecule has 0 heterocycles. The summed E-state index contributed by atoms with van der Waals surface area (Å²) in [5, 5.41) is 14.1. The molecule has 5 heteroatoms. The summed E-state index contributed by atoms with van der Waals surface area (Å²) in [6, 6.07) is 5.15. The number of para-hydroxylation sites is 1. The lowest BCUT2D eigenvalue weighted by molar-refractivity contribution is -0.385. The van der Waals surface area contributed by atoms with E-state index in [0.717, 1.165) is 19.3 Å². The van der Waals surface area contributed by atoms with Gasteiger partial charge in [-0.15, -0.1) is 0 Å². The maximum atomic E-state index is 11.2. The van der Waals surface area contributed by atoms with Crippen LogP contribution in [0.3, 0.4) is 0 Å². The SMILES string of the molecule is CNc1cccc(OC2CCC(C)C(C)C2)c1[N+](=O)[O-]. The minimum absolute atomic E-state index is 0.0290. The Morgan fingerprint density at radius 1 is 1.30 bits per heavy atom. The third kappa shape index (κ3) is 3.03. The van der Waals surface area contributed by atoms with Crippen molar-refractivity contribution in [3.05, 3.63) is 28.3 Å². The van der Waals surface area contributed by atoms with Crippen LogP contribution < -0.4 is 10.1 Å². The van der Waals surface area contributed by atoms with Crippen LogP contribution in [0.25, 0.3) is 0 Å². The molecule has 0 amide bonds. The summed E-state index contributed by atoms with van der Waals surface area (Å²) in [6.45, 7) is 4.48. The van der Waals surface area contributed by atoms with E-state index in [0.29, 0.717) is 23.3 Å². The summed E-state index contributed by atoms with van der Waals surface area (Å²) in [4.78, 5) is 10.9. The van der Waals surface area contributed by atoms with E-state index in [1.54, 1.807) is 25.2 Å². The largest absolute Gasteiger partial charge is 0.483 e. The first-order valence-electron chi connectivity index (χ1n) is 7.14. The van der Waals surface area contributed by atoms with E-state index in [1.807, 2.05) is 0 Å². The molecule has 5 nitrogen and oxygen atoms in total. The van der Waals surface area contributed by atoms with Crippen LogP contribution >= 0.6 is 0 Å². The molecule has 110 valence electrons. The molecule has 0 saturated heterocycles. The van der Waals surface area contributed by atoms with E-state index in [4.69, 9.17) is 4.74 Å². The maximum absolute atomic E-state index is 11.2. The highest BCUT2D eigenvalue weighted by Crippen LogP contribution is 2.38. The molecule has 1 aromatic carbocycles. The van der Waals surface area contributed by atoms with Crippen LogP contribution in [0.5, 0.6) is 5.75 Å². The van der Waals surface area contributed by atoms with Crippen molar-refractivity contribution in [2.75, 3.05) is 12.4 Å². The van der Waals surface area contributed by atoms with E-state index in [-0.39, 0.29) is 16.7 Å². The predicted molar refractivity (Wildman–Crippen MR) is 79.2 cm³/mol. The van der Waals surface area contributed by atoms with Crippen molar-refractivity contribution in [2.24, 2.45) is 11.8 Å². The van der Waals surface area contributed by atoms with Gasteiger partial charge in [0, 0.05) is 7.05 Å². The lowest BCUT2D eigenvalue weighted by atomic mass is 9.80. The van der Waals surface area contributed by atoms with Gasteiger partial charge in [-0.2, -0.15) is 0 Å². The summed E-state index contributed by atoms with van der Waals surface area (Å²) >= 11 is 0. The fourth-order valence-electron chi connectivity index (χ4n) is 2.79. The summed E-state index contributed by atoms with van der Waals surface area (Å²) in [5.41, 5.74) is 0.519. The molecule has 2 rings (SSSR count). The van der Waals surface area contributed by atoms with Gasteiger partial charge in [0.05, 0.1) is 11.0 Å². The maximum Gasteiger partial charge on any atom is 0.333 e. The Hall–Kier alpha value is -1.78. The summed E-state index contributed by atoms with van der Waals surface area (Å²) in [5.74, 6) is 1.67. The quantitative estimate of drug-likeness (QED) is 0.671. The second-order valence-electron chi connectivity index (χ2n) is 5.67. The molecule has 1 fully saturated rings. The topological polar surface area (TPSA) is 64.4 Å². The van der Waals surface area contributed by atoms with Gasteiger partial charge in [0.2, 0.25) is 0 Å². The van der Waals surface area contributed by atoms with Gasteiger partial charge in [-0.25, -0.2) is 0 Å². The summed E-state index contributed by atoms with van der Waals surface area (Å²) < 4.78 is 5.93. The van der Waals surface area contributed by atoms with Gasteiger partial charge in [-0.3, -0.25) is 10.1 Å². The zero-order valence-electron chi connectivity index (χ0n) is 12.3. The fraction of sp³-hybridized carbons (Fsp3) is 0.600. The zero-order valence-corrected chi connectivity index (χ0v) is 12.3. The second kappa shape index (κ2) is 6.11. The van der Waals surface area contributed by atoms with Crippen molar-refractivity contribution >= 4 is 11.4 Å². The van der Waals surface area contributed by atoms with E-state index in [2.05, 4.69) is 19.2 Å². The molecule has 0 aliphatic heterocycles. The Balaban J connectivity index is 2.19. The first-order valence-corrected chi connectivity index (χ1v) is 7.14. The lowest BCUT2D eigenvalue weighted by Gasteiger charge is -2.32. The third-order valence-electron chi connectivity index (χ3n) is 4.29. The average Bonchev–Trinajstić information content (AvgIpc) is 2.42. The average molecular weight is 278 g/mol. The van der Waals surface area contributed by atoms with Crippen LogP contribution in [0.15, 0.2) is 18.2 Å². The molecule has 20 heavy (non-hydrogen) atoms. The van der Waals surface area contributed by atoms with Gasteiger partial charge in [-0.05, 0) is 43.2 Å². The van der Waals surface area contributed by atoms with Crippen LogP contribution in [0.4, 0.5) is 11.4 Å². The Morgan fingerprint density at radius 2 is 2.05 bits per heavy atom. The zero-order chi connectivity index (χ0) is 14.7. The highest BCUT2D eigenvalue weighted by atomic mass is 16.6. The fourth-order valence-corrected chi connectivity index (χ4v) is 2.79. The Morgan fingerprint density at radius 3 is 2.65 bits per heavy atom. The Kier molecular flexibility index (Phi) is 4.47. The Bertz CT molecular complexity index is 490. The highest BCUT2D eigenvalue weighted by molar-refractivity contribution is 5.68. The molecular weight excluding hydrogens is 256 g/mol. The molecule has 3 unspecified atom stereocenters. The number of nitro benzene ring substituents is 1. The highest BCUT2D eigenvalue weighted by Gasteiger charge is 2.28. The molecule has 0 bridgehead atoms. The van der Waals surface area contributed by atoms with Crippen LogP contribution in [0, 0.1) is 22.0 Å². The molecule has 1 N–H and O–H groups in total. The molecular formula is C15H22N2O3. The number of benzene rings is 1. The van der Waals surface area contributed by atoms with E-state index in [9.17, 15) is 10.1 Å². The van der Waals surface area contributed by atoms with Gasteiger partial charge in [0.25, 0.3) is 0 Å². The van der Waals surface area contributed by atoms with Crippen molar-refractivity contribution in [1.82, 2.24) is 0 Å². The van der Waals surface area contributed by atoms with Gasteiger partial charge in [0.15, 0.2) is 5.75 Å². The van der Waals surface area contributed by atoms with Crippen molar-refractivity contribution in [1.29, 1.82) is 0 Å². The number of anilines is 1. The molecule has 0 radical (unpaired) electrons. The number of nitrogens with zero attached hydrogens (tertiary/aromatic N) is 1. The van der Waals surface area contributed by atoms with E-state index < -0.39 is 0 Å². The van der Waals surface area contributed by atoms with Gasteiger partial charge >= 0.3 is 5.69 Å². The van der Waals surface area contributed by atoms with Crippen molar-refractivity contribution in [2.45, 2.75) is 39.2 Å². The molecule has 1 aromatic rings. The molecule has 1 saturated carbocycles. The Labute approximate surface area is 119 Å². The van der Waals surface area contributed by atoms with Crippen molar-refractivity contribution < 1.29 is 9.66 Å². The third-order valence-corrected chi connectivity index (χ3v) is 4.29. The van der Waals surface area contributed by atoms with Gasteiger partial charge < -0.3 is 10.1 Å². The van der Waals surface area contributed by atoms with Gasteiger partial charge in [0.1, 0.15) is 5.69 Å². The van der Waals surface area contributed by atoms with Crippen molar-refractivity contribution in [3.63, 3.8) is 0 Å². The minimum Gasteiger partial charge on any atom is -0.483 e. The number of rotatable bonds is 4. The first kappa shape index (κ1) is 14.6. The second-order valence-corrected chi connectivity index (χ2v) is 5.67. The summed E-state index contributed by atoms with van der Waals surface area (Å²) in [6.07, 6.45) is 3.12. The predicted octanol–water partition coefficient (Wildman–Crippen LogP) is 3.84. The monoisotopic (exact) mass is 278 g/mol. The van der Waals surface area contributed by atoms with Crippen LogP contribution in [0.2, 0.25) is 0 Å². The summed E-state index contributed by atoms with van der Waals surface area (Å²) in [7, 11) is 1.68. The van der Waals surface area contributed by atoms with Crippen molar-refractivity contribution in [3.8, 4) is 5.75 Å². The molecule has 3 atom stereocenters. The van der Waals surface area contributed by atoms with Gasteiger partial charge in [-0.1, -0.05) is 19.9 Å². The molecule has 0 aromatic heterocycles. The smallest absolute Gasteiger partial charge is 0.333 e. The number of nitro groups is 1. The number of ether oxygens (including phenoxy) is 1. The molecule has 1 aliphatic rings.